The van der Waals surface area contributed by atoms with Gasteiger partial charge in [0.2, 0.25) is 10.0 Å². The van der Waals surface area contributed by atoms with Gasteiger partial charge in [-0.1, -0.05) is 26.7 Å². The molecule has 1 aliphatic rings. The van der Waals surface area contributed by atoms with Crippen LogP contribution in [0.3, 0.4) is 0 Å². The van der Waals surface area contributed by atoms with Gasteiger partial charge in [-0.15, -0.1) is 0 Å². The Bertz CT molecular complexity index is 590. The Kier molecular flexibility index (Phi) is 7.92. The lowest BCUT2D eigenvalue weighted by molar-refractivity contribution is -0.132. The summed E-state index contributed by atoms with van der Waals surface area (Å²) in [5.74, 6) is -1.18. The van der Waals surface area contributed by atoms with E-state index >= 15 is 0 Å². The van der Waals surface area contributed by atoms with Gasteiger partial charge in [0, 0.05) is 25.9 Å². The van der Waals surface area contributed by atoms with Crippen molar-refractivity contribution in [1.82, 2.24) is 4.90 Å². The van der Waals surface area contributed by atoms with E-state index < -0.39 is 27.3 Å². The van der Waals surface area contributed by atoms with Gasteiger partial charge in [-0.3, -0.25) is 0 Å². The number of nitrogens with zero attached hydrogens (tertiary/aromatic N) is 1. The number of aliphatic carboxylic acids is 1. The van der Waals surface area contributed by atoms with Crippen LogP contribution in [0.4, 0.5) is 0 Å². The fraction of sp³-hybridized carbons (Fsp3) is 0.688. The number of primary sulfonamides is 1. The first-order chi connectivity index (χ1) is 11.3. The molecule has 7 nitrogen and oxygen atoms in total. The Morgan fingerprint density at radius 3 is 2.21 bits per heavy atom. The molecule has 2 unspecified atom stereocenters. The molecule has 1 rings (SSSR count). The summed E-state index contributed by atoms with van der Waals surface area (Å²) in [6.07, 6.45) is 5.66. The first-order valence-corrected chi connectivity index (χ1v) is 9.83. The van der Waals surface area contributed by atoms with E-state index in [2.05, 4.69) is 13.8 Å². The monoisotopic (exact) mass is 360 g/mol. The molecule has 0 amide bonds. The van der Waals surface area contributed by atoms with Crippen molar-refractivity contribution < 1.29 is 23.1 Å². The Morgan fingerprint density at radius 2 is 1.83 bits per heavy atom. The predicted octanol–water partition coefficient (Wildman–Crippen LogP) is 1.47. The maximum absolute atomic E-state index is 11.9. The van der Waals surface area contributed by atoms with Crippen LogP contribution < -0.4 is 5.14 Å². The average Bonchev–Trinajstić information content (AvgIpc) is 2.52. The molecular weight excluding hydrogens is 332 g/mol. The van der Waals surface area contributed by atoms with Crippen LogP contribution in [-0.2, 0) is 19.6 Å². The summed E-state index contributed by atoms with van der Waals surface area (Å²) >= 11 is 0. The molecule has 0 aromatic carbocycles. The van der Waals surface area contributed by atoms with E-state index in [1.54, 1.807) is 0 Å². The highest BCUT2D eigenvalue weighted by Crippen LogP contribution is 2.28. The second-order valence-electron chi connectivity index (χ2n) is 5.90. The van der Waals surface area contributed by atoms with Crippen molar-refractivity contribution >= 4 is 16.0 Å². The molecule has 0 saturated carbocycles. The van der Waals surface area contributed by atoms with Gasteiger partial charge in [-0.05, 0) is 25.0 Å². The van der Waals surface area contributed by atoms with Gasteiger partial charge in [-0.25, -0.2) is 18.4 Å². The minimum atomic E-state index is -3.99. The molecule has 0 saturated heterocycles. The fourth-order valence-electron chi connectivity index (χ4n) is 2.72. The molecule has 24 heavy (non-hydrogen) atoms. The van der Waals surface area contributed by atoms with Gasteiger partial charge in [0.25, 0.3) is 0 Å². The van der Waals surface area contributed by atoms with Gasteiger partial charge in [0.1, 0.15) is 11.4 Å². The molecule has 0 bridgehead atoms. The maximum Gasteiger partial charge on any atom is 0.335 e. The standard InChI is InChI=1S/C16H28N2O5S/c1-4-6-8-18(9-7-5-2)13-10-12(16(19)20)11-14(15(13)23-3)24(17,21)22/h10-11,14-15H,4-9H2,1-3H3,(H,19,20)(H2,17,21,22). The van der Waals surface area contributed by atoms with E-state index in [-0.39, 0.29) is 5.57 Å². The zero-order valence-electron chi connectivity index (χ0n) is 14.6. The summed E-state index contributed by atoms with van der Waals surface area (Å²) in [6, 6.07) is 0. The zero-order valence-corrected chi connectivity index (χ0v) is 15.4. The van der Waals surface area contributed by atoms with Crippen LogP contribution in [0.5, 0.6) is 0 Å². The molecule has 0 aromatic heterocycles. The van der Waals surface area contributed by atoms with Crippen LogP contribution in [0.15, 0.2) is 23.4 Å². The third-order valence-corrected chi connectivity index (χ3v) is 5.19. The van der Waals surface area contributed by atoms with Gasteiger partial charge < -0.3 is 14.7 Å². The van der Waals surface area contributed by atoms with Crippen molar-refractivity contribution in [2.45, 2.75) is 50.9 Å². The molecule has 138 valence electrons. The largest absolute Gasteiger partial charge is 0.478 e. The Balaban J connectivity index is 3.30. The first kappa shape index (κ1) is 20.7. The van der Waals surface area contributed by atoms with Crippen molar-refractivity contribution in [1.29, 1.82) is 0 Å². The van der Waals surface area contributed by atoms with E-state index in [4.69, 9.17) is 9.88 Å². The molecule has 0 fully saturated rings. The second-order valence-corrected chi connectivity index (χ2v) is 7.62. The van der Waals surface area contributed by atoms with Crippen LogP contribution in [0.1, 0.15) is 39.5 Å². The summed E-state index contributed by atoms with van der Waals surface area (Å²) in [5.41, 5.74) is 0.494. The average molecular weight is 360 g/mol. The van der Waals surface area contributed by atoms with E-state index in [1.807, 2.05) is 4.90 Å². The SMILES string of the molecule is CCCCN(CCCC)C1=CC(C(=O)O)=CC(S(N)(=O)=O)C1OC. The number of nitrogens with two attached hydrogens (primary N) is 1. The minimum Gasteiger partial charge on any atom is -0.478 e. The molecule has 0 aromatic rings. The Morgan fingerprint density at radius 1 is 1.29 bits per heavy atom. The van der Waals surface area contributed by atoms with Gasteiger partial charge in [0.05, 0.1) is 5.57 Å². The number of rotatable bonds is 10. The van der Waals surface area contributed by atoms with Gasteiger partial charge in [-0.2, -0.15) is 0 Å². The van der Waals surface area contributed by atoms with E-state index in [1.165, 1.54) is 13.2 Å². The molecule has 0 spiro atoms. The first-order valence-electron chi connectivity index (χ1n) is 8.22. The number of hydrogen-bond donors (Lipinski definition) is 2. The highest BCUT2D eigenvalue weighted by molar-refractivity contribution is 7.90. The number of methoxy groups -OCH3 is 1. The lowest BCUT2D eigenvalue weighted by atomic mass is 9.99. The van der Waals surface area contributed by atoms with Crippen LogP contribution >= 0.6 is 0 Å². The highest BCUT2D eigenvalue weighted by Gasteiger charge is 2.38. The summed E-state index contributed by atoms with van der Waals surface area (Å²) in [5, 5.41) is 13.4. The van der Waals surface area contributed by atoms with Crippen LogP contribution in [-0.4, -0.2) is 55.9 Å². The molecule has 0 radical (unpaired) electrons. The number of sulfonamides is 1. The predicted molar refractivity (Wildman–Crippen MR) is 92.9 cm³/mol. The van der Waals surface area contributed by atoms with Crippen molar-refractivity contribution in [3.8, 4) is 0 Å². The number of carboxylic acids is 1. The fourth-order valence-corrected chi connectivity index (χ4v) is 3.65. The van der Waals surface area contributed by atoms with E-state index in [0.717, 1.165) is 31.8 Å². The maximum atomic E-state index is 11.9. The molecule has 1 aliphatic carbocycles. The number of carboxylic acid groups (broad SMARTS) is 1. The third kappa shape index (κ3) is 5.32. The summed E-state index contributed by atoms with van der Waals surface area (Å²) in [7, 11) is -2.58. The van der Waals surface area contributed by atoms with Crippen LogP contribution in [0.25, 0.3) is 0 Å². The third-order valence-electron chi connectivity index (χ3n) is 4.05. The Hall–Kier alpha value is -1.38. The summed E-state index contributed by atoms with van der Waals surface area (Å²) in [4.78, 5) is 13.4. The Labute approximate surface area is 144 Å². The van der Waals surface area contributed by atoms with Crippen LogP contribution in [0, 0.1) is 0 Å². The number of ether oxygens (including phenoxy) is 1. The normalized spacial score (nSPS) is 21.2. The lowest BCUT2D eigenvalue weighted by Gasteiger charge is -2.36. The summed E-state index contributed by atoms with van der Waals surface area (Å²) in [6.45, 7) is 5.56. The number of carbonyl (C=O) groups is 1. The quantitative estimate of drug-likeness (QED) is 0.610. The number of unbranched alkanes of at least 4 members (excludes halogenated alkanes) is 2. The van der Waals surface area contributed by atoms with Crippen molar-refractivity contribution in [2.24, 2.45) is 5.14 Å². The van der Waals surface area contributed by atoms with Crippen molar-refractivity contribution in [3.05, 3.63) is 23.4 Å². The minimum absolute atomic E-state index is 0.0738. The second kappa shape index (κ2) is 9.19. The van der Waals surface area contributed by atoms with Crippen LogP contribution in [0.2, 0.25) is 0 Å². The van der Waals surface area contributed by atoms with Gasteiger partial charge >= 0.3 is 5.97 Å². The van der Waals surface area contributed by atoms with E-state index in [9.17, 15) is 18.3 Å². The smallest absolute Gasteiger partial charge is 0.335 e. The van der Waals surface area contributed by atoms with Crippen molar-refractivity contribution in [3.63, 3.8) is 0 Å². The molecule has 0 aliphatic heterocycles. The molecule has 0 heterocycles. The zero-order chi connectivity index (χ0) is 18.3. The van der Waals surface area contributed by atoms with E-state index in [0.29, 0.717) is 18.8 Å². The topological polar surface area (TPSA) is 110 Å². The highest BCUT2D eigenvalue weighted by atomic mass is 32.2. The molecule has 3 N–H and O–H groups in total. The molecule has 2 atom stereocenters. The lowest BCUT2D eigenvalue weighted by Crippen LogP contribution is -2.46. The number of hydrogen-bond acceptors (Lipinski definition) is 5. The molecule has 8 heteroatoms. The molecular formula is C16H28N2O5S. The van der Waals surface area contributed by atoms with Gasteiger partial charge in [0.15, 0.2) is 0 Å². The summed E-state index contributed by atoms with van der Waals surface area (Å²) < 4.78 is 29.3. The van der Waals surface area contributed by atoms with Crippen molar-refractivity contribution in [2.75, 3.05) is 20.2 Å².